The van der Waals surface area contributed by atoms with Gasteiger partial charge in [0.15, 0.2) is 0 Å². The molecule has 1 aliphatic heterocycles. The van der Waals surface area contributed by atoms with Crippen LogP contribution < -0.4 is 5.32 Å². The van der Waals surface area contributed by atoms with Crippen LogP contribution in [0.3, 0.4) is 0 Å². The smallest absolute Gasteiger partial charge is 0.234 e. The topological polar surface area (TPSA) is 88.3 Å². The molecule has 0 radical (unpaired) electrons. The maximum atomic E-state index is 12.7. The van der Waals surface area contributed by atoms with Crippen molar-refractivity contribution in [1.82, 2.24) is 15.0 Å². The van der Waals surface area contributed by atoms with Gasteiger partial charge in [0, 0.05) is 30.3 Å². The number of nitrogens with zero attached hydrogens (tertiary/aromatic N) is 3. The molecule has 0 aliphatic carbocycles. The van der Waals surface area contributed by atoms with Gasteiger partial charge in [-0.3, -0.25) is 19.9 Å². The molecule has 1 aliphatic rings. The molecule has 1 aromatic carbocycles. The van der Waals surface area contributed by atoms with Crippen molar-refractivity contribution >= 4 is 17.7 Å². The number of amides is 2. The zero-order valence-electron chi connectivity index (χ0n) is 15.5. The van der Waals surface area contributed by atoms with E-state index in [0.717, 1.165) is 16.8 Å². The van der Waals surface area contributed by atoms with Crippen LogP contribution >= 0.6 is 0 Å². The maximum absolute atomic E-state index is 12.7. The number of likely N-dealkylation sites (tertiary alicyclic amines) is 1. The Bertz CT molecular complexity index is 985. The van der Waals surface area contributed by atoms with E-state index in [-0.39, 0.29) is 18.2 Å². The van der Waals surface area contributed by atoms with E-state index in [1.807, 2.05) is 55.5 Å². The van der Waals surface area contributed by atoms with Gasteiger partial charge in [0.1, 0.15) is 5.69 Å². The molecule has 7 heteroatoms. The van der Waals surface area contributed by atoms with E-state index in [1.165, 1.54) is 0 Å². The number of carbonyl (C=O) groups excluding carboxylic acids is 2. The summed E-state index contributed by atoms with van der Waals surface area (Å²) >= 11 is 0. The number of pyridine rings is 1. The number of anilines is 1. The molecular weight excluding hydrogens is 356 g/mol. The predicted molar refractivity (Wildman–Crippen MR) is 103 cm³/mol. The number of benzene rings is 1. The van der Waals surface area contributed by atoms with E-state index in [4.69, 9.17) is 4.52 Å². The summed E-state index contributed by atoms with van der Waals surface area (Å²) in [7, 11) is 0. The third kappa shape index (κ3) is 3.64. The second-order valence-electron chi connectivity index (χ2n) is 6.84. The summed E-state index contributed by atoms with van der Waals surface area (Å²) in [6, 6.07) is 15.2. The molecular formula is C21H20N4O3. The van der Waals surface area contributed by atoms with Crippen LogP contribution in [0, 0.1) is 12.8 Å². The van der Waals surface area contributed by atoms with Crippen molar-refractivity contribution in [3.8, 4) is 11.3 Å². The van der Waals surface area contributed by atoms with Crippen LogP contribution in [0.1, 0.15) is 17.7 Å². The number of aromatic nitrogens is 2. The van der Waals surface area contributed by atoms with Gasteiger partial charge in [-0.05, 0) is 19.1 Å². The Hall–Kier alpha value is -3.48. The Kier molecular flexibility index (Phi) is 4.89. The van der Waals surface area contributed by atoms with Crippen LogP contribution in [-0.4, -0.2) is 33.4 Å². The van der Waals surface area contributed by atoms with Crippen molar-refractivity contribution in [2.45, 2.75) is 19.9 Å². The Balaban J connectivity index is 1.42. The molecule has 7 nitrogen and oxygen atoms in total. The molecule has 4 rings (SSSR count). The quantitative estimate of drug-likeness (QED) is 0.739. The van der Waals surface area contributed by atoms with Gasteiger partial charge >= 0.3 is 0 Å². The van der Waals surface area contributed by atoms with Crippen LogP contribution in [0.5, 0.6) is 0 Å². The minimum Gasteiger partial charge on any atom is -0.338 e. The lowest BCUT2D eigenvalue weighted by Gasteiger charge is -2.15. The van der Waals surface area contributed by atoms with Gasteiger partial charge in [0.25, 0.3) is 0 Å². The van der Waals surface area contributed by atoms with Gasteiger partial charge in [-0.25, -0.2) is 0 Å². The minimum absolute atomic E-state index is 0.0509. The second-order valence-corrected chi connectivity index (χ2v) is 6.84. The predicted octanol–water partition coefficient (Wildman–Crippen LogP) is 3.03. The van der Waals surface area contributed by atoms with E-state index in [1.54, 1.807) is 11.1 Å². The van der Waals surface area contributed by atoms with E-state index in [2.05, 4.69) is 15.5 Å². The highest BCUT2D eigenvalue weighted by atomic mass is 16.5. The molecule has 1 atom stereocenters. The molecule has 1 unspecified atom stereocenters. The van der Waals surface area contributed by atoms with E-state index < -0.39 is 5.92 Å². The summed E-state index contributed by atoms with van der Waals surface area (Å²) in [6.45, 7) is 2.62. The monoisotopic (exact) mass is 376 g/mol. The first-order valence-electron chi connectivity index (χ1n) is 9.12. The average Bonchev–Trinajstić information content (AvgIpc) is 3.26. The van der Waals surface area contributed by atoms with E-state index >= 15 is 0 Å². The van der Waals surface area contributed by atoms with Crippen LogP contribution in [-0.2, 0) is 16.1 Å². The van der Waals surface area contributed by atoms with Crippen molar-refractivity contribution in [2.75, 3.05) is 11.9 Å². The number of hydrogen-bond acceptors (Lipinski definition) is 5. The molecule has 0 spiro atoms. The van der Waals surface area contributed by atoms with Gasteiger partial charge in [-0.1, -0.05) is 41.6 Å². The number of carbonyl (C=O) groups is 2. The summed E-state index contributed by atoms with van der Waals surface area (Å²) in [6.07, 6.45) is 1.87. The maximum Gasteiger partial charge on any atom is 0.234 e. The second kappa shape index (κ2) is 7.64. The van der Waals surface area contributed by atoms with E-state index in [0.29, 0.717) is 24.7 Å². The number of rotatable bonds is 5. The zero-order chi connectivity index (χ0) is 19.5. The Labute approximate surface area is 162 Å². The first-order chi connectivity index (χ1) is 13.6. The molecule has 3 heterocycles. The molecule has 0 saturated carbocycles. The first-order valence-corrected chi connectivity index (χ1v) is 9.12. The molecule has 3 aromatic rings. The lowest BCUT2D eigenvalue weighted by molar-refractivity contribution is -0.128. The van der Waals surface area contributed by atoms with Crippen LogP contribution in [0.25, 0.3) is 11.3 Å². The normalized spacial score (nSPS) is 16.4. The highest BCUT2D eigenvalue weighted by Crippen LogP contribution is 2.29. The van der Waals surface area contributed by atoms with Crippen molar-refractivity contribution in [3.63, 3.8) is 0 Å². The molecule has 142 valence electrons. The molecule has 1 fully saturated rings. The highest BCUT2D eigenvalue weighted by Gasteiger charge is 2.35. The first kappa shape index (κ1) is 17.9. The van der Waals surface area contributed by atoms with Gasteiger partial charge in [0.05, 0.1) is 18.2 Å². The third-order valence-corrected chi connectivity index (χ3v) is 4.87. The van der Waals surface area contributed by atoms with Crippen molar-refractivity contribution in [1.29, 1.82) is 0 Å². The third-order valence-electron chi connectivity index (χ3n) is 4.87. The molecule has 0 bridgehead atoms. The lowest BCUT2D eigenvalue weighted by atomic mass is 10.1. The zero-order valence-corrected chi connectivity index (χ0v) is 15.5. The Morgan fingerprint density at radius 1 is 1.21 bits per heavy atom. The van der Waals surface area contributed by atoms with Crippen molar-refractivity contribution in [3.05, 3.63) is 66.0 Å². The molecule has 1 N–H and O–H groups in total. The van der Waals surface area contributed by atoms with Gasteiger partial charge in [-0.2, -0.15) is 0 Å². The summed E-state index contributed by atoms with van der Waals surface area (Å²) in [4.78, 5) is 30.8. The van der Waals surface area contributed by atoms with Crippen LogP contribution in [0.2, 0.25) is 0 Å². The van der Waals surface area contributed by atoms with Crippen LogP contribution in [0.15, 0.2) is 59.3 Å². The molecule has 2 amide bonds. The fourth-order valence-corrected chi connectivity index (χ4v) is 3.32. The number of nitrogens with one attached hydrogen (secondary N) is 1. The summed E-state index contributed by atoms with van der Waals surface area (Å²) in [5, 5.41) is 6.86. The molecule has 1 saturated heterocycles. The van der Waals surface area contributed by atoms with E-state index in [9.17, 15) is 9.59 Å². The van der Waals surface area contributed by atoms with Crippen molar-refractivity contribution in [2.24, 2.45) is 5.92 Å². The fraction of sp³-hybridized carbons (Fsp3) is 0.238. The van der Waals surface area contributed by atoms with Gasteiger partial charge < -0.3 is 9.42 Å². The Morgan fingerprint density at radius 3 is 2.75 bits per heavy atom. The van der Waals surface area contributed by atoms with Gasteiger partial charge in [0.2, 0.25) is 17.7 Å². The minimum atomic E-state index is -0.430. The number of hydrogen-bond donors (Lipinski definition) is 1. The largest absolute Gasteiger partial charge is 0.338 e. The SMILES string of the molecule is Cc1c(-c2ccccc2)noc1NC(=O)C1CC(=O)N(Cc2ccccn2)C1. The molecule has 28 heavy (non-hydrogen) atoms. The standard InChI is InChI=1S/C21H20N4O3/c1-14-19(15-7-3-2-4-8-15)24-28-21(14)23-20(27)16-11-18(26)25(12-16)13-17-9-5-6-10-22-17/h2-10,16H,11-13H2,1H3,(H,23,27). The van der Waals surface area contributed by atoms with Gasteiger partial charge in [-0.15, -0.1) is 0 Å². The van der Waals surface area contributed by atoms with Crippen LogP contribution in [0.4, 0.5) is 5.88 Å². The summed E-state index contributed by atoms with van der Waals surface area (Å²) in [5.74, 6) is -0.402. The summed E-state index contributed by atoms with van der Waals surface area (Å²) in [5.41, 5.74) is 3.17. The highest BCUT2D eigenvalue weighted by molar-refractivity contribution is 5.97. The average molecular weight is 376 g/mol. The fourth-order valence-electron chi connectivity index (χ4n) is 3.32. The van der Waals surface area contributed by atoms with Crippen molar-refractivity contribution < 1.29 is 14.1 Å². The summed E-state index contributed by atoms with van der Waals surface area (Å²) < 4.78 is 5.34. The Morgan fingerprint density at radius 2 is 2.00 bits per heavy atom. The lowest BCUT2D eigenvalue weighted by Crippen LogP contribution is -2.28. The molecule has 2 aromatic heterocycles.